The molecule has 0 atom stereocenters. The number of methoxy groups -OCH3 is 1. The molecule has 0 spiro atoms. The lowest BCUT2D eigenvalue weighted by atomic mass is 10.1. The van der Waals surface area contributed by atoms with Crippen molar-refractivity contribution in [2.24, 2.45) is 4.99 Å². The number of ether oxygens (including phenoxy) is 2. The Hall–Kier alpha value is -4.20. The van der Waals surface area contributed by atoms with Gasteiger partial charge in [0.1, 0.15) is 17.3 Å². The Bertz CT molecular complexity index is 1240. The first-order valence-corrected chi connectivity index (χ1v) is 10.4. The van der Waals surface area contributed by atoms with Crippen LogP contribution in [0.3, 0.4) is 0 Å². The van der Waals surface area contributed by atoms with E-state index in [0.29, 0.717) is 41.7 Å². The van der Waals surface area contributed by atoms with E-state index in [4.69, 9.17) is 9.47 Å². The summed E-state index contributed by atoms with van der Waals surface area (Å²) in [6, 6.07) is 10.8. The molecule has 0 radical (unpaired) electrons. The van der Waals surface area contributed by atoms with Crippen molar-refractivity contribution in [1.82, 2.24) is 15.3 Å². The average Bonchev–Trinajstić information content (AvgIpc) is 3.32. The molecule has 4 rings (SSSR count). The first-order chi connectivity index (χ1) is 16.0. The number of allylic oxidation sites excluding steroid dienone is 1. The number of pyridine rings is 2. The molecule has 3 heterocycles. The molecule has 0 fully saturated rings. The number of halogens is 1. The minimum Gasteiger partial charge on any atom is -0.479 e. The van der Waals surface area contributed by atoms with Gasteiger partial charge >= 0.3 is 0 Å². The fourth-order valence-electron chi connectivity index (χ4n) is 3.32. The molecule has 0 saturated heterocycles. The minimum absolute atomic E-state index is 0.0270. The molecule has 0 aliphatic carbocycles. The monoisotopic (exact) mass is 445 g/mol. The number of aromatic nitrogens is 2. The number of hydrogen-bond donors (Lipinski definition) is 2. The van der Waals surface area contributed by atoms with Crippen molar-refractivity contribution in [3.05, 3.63) is 89.7 Å². The topological polar surface area (TPSA) is 80.7 Å². The molecular formula is C25H24FN5O2. The molecule has 2 aromatic heterocycles. The van der Waals surface area contributed by atoms with Gasteiger partial charge in [0.25, 0.3) is 0 Å². The summed E-state index contributed by atoms with van der Waals surface area (Å²) >= 11 is 0. The van der Waals surface area contributed by atoms with E-state index in [-0.39, 0.29) is 5.88 Å². The Balaban J connectivity index is 1.44. The van der Waals surface area contributed by atoms with E-state index < -0.39 is 5.82 Å². The van der Waals surface area contributed by atoms with Crippen LogP contribution in [0.4, 0.5) is 10.2 Å². The van der Waals surface area contributed by atoms with Gasteiger partial charge in [0, 0.05) is 48.0 Å². The Kier molecular flexibility index (Phi) is 6.64. The Morgan fingerprint density at radius 2 is 2.09 bits per heavy atom. The van der Waals surface area contributed by atoms with E-state index in [1.165, 1.54) is 13.2 Å². The predicted molar refractivity (Wildman–Crippen MR) is 127 cm³/mol. The van der Waals surface area contributed by atoms with Gasteiger partial charge in [-0.15, -0.1) is 0 Å². The van der Waals surface area contributed by atoms with Crippen LogP contribution in [-0.4, -0.2) is 29.8 Å². The van der Waals surface area contributed by atoms with Crippen LogP contribution in [0.2, 0.25) is 0 Å². The molecule has 0 amide bonds. The van der Waals surface area contributed by atoms with Crippen molar-refractivity contribution >= 4 is 17.7 Å². The summed E-state index contributed by atoms with van der Waals surface area (Å²) in [6.45, 7) is 7.14. The molecule has 1 aliphatic heterocycles. The van der Waals surface area contributed by atoms with Crippen LogP contribution >= 0.6 is 0 Å². The lowest BCUT2D eigenvalue weighted by Crippen LogP contribution is -2.12. The van der Waals surface area contributed by atoms with Crippen molar-refractivity contribution in [2.45, 2.75) is 13.5 Å². The highest BCUT2D eigenvalue weighted by molar-refractivity contribution is 5.84. The second-order valence-corrected chi connectivity index (χ2v) is 7.35. The van der Waals surface area contributed by atoms with E-state index in [1.807, 2.05) is 37.3 Å². The summed E-state index contributed by atoms with van der Waals surface area (Å²) < 4.78 is 24.9. The SMILES string of the molecule is C=C(NCc1cnc(OC)c(F)c1)c1cccc(Oc2ccnc(NC3=CCN=C3)c2)c1C. The van der Waals surface area contributed by atoms with Crippen molar-refractivity contribution in [3.63, 3.8) is 0 Å². The van der Waals surface area contributed by atoms with E-state index in [2.05, 4.69) is 32.2 Å². The van der Waals surface area contributed by atoms with Gasteiger partial charge < -0.3 is 20.1 Å². The highest BCUT2D eigenvalue weighted by atomic mass is 19.1. The van der Waals surface area contributed by atoms with E-state index in [9.17, 15) is 4.39 Å². The quantitative estimate of drug-likeness (QED) is 0.489. The molecule has 2 N–H and O–H groups in total. The largest absolute Gasteiger partial charge is 0.479 e. The third-order valence-corrected chi connectivity index (χ3v) is 5.05. The standard InChI is InChI=1S/C25H24FN5O2/c1-16-21(17(2)29-13-18-11-22(26)25(32-3)30-14-18)5-4-6-23(16)33-20-8-10-28-24(12-20)31-19-7-9-27-15-19/h4-8,10-12,14-15,29H,2,9,13H2,1,3H3,(H,28,31). The highest BCUT2D eigenvalue weighted by Gasteiger charge is 2.11. The van der Waals surface area contributed by atoms with Crippen LogP contribution in [0.25, 0.3) is 5.70 Å². The summed E-state index contributed by atoms with van der Waals surface area (Å²) in [5, 5.41) is 6.44. The first-order valence-electron chi connectivity index (χ1n) is 10.4. The summed E-state index contributed by atoms with van der Waals surface area (Å²) in [4.78, 5) is 12.4. The Morgan fingerprint density at radius 3 is 2.85 bits per heavy atom. The normalized spacial score (nSPS) is 12.3. The predicted octanol–water partition coefficient (Wildman–Crippen LogP) is 4.87. The Morgan fingerprint density at radius 1 is 1.21 bits per heavy atom. The number of anilines is 1. The van der Waals surface area contributed by atoms with Gasteiger partial charge in [0.15, 0.2) is 5.82 Å². The zero-order valence-corrected chi connectivity index (χ0v) is 18.4. The maximum absolute atomic E-state index is 13.9. The van der Waals surface area contributed by atoms with Crippen molar-refractivity contribution < 1.29 is 13.9 Å². The lowest BCUT2D eigenvalue weighted by molar-refractivity contribution is 0.368. The Labute approximate surface area is 191 Å². The summed E-state index contributed by atoms with van der Waals surface area (Å²) in [5.74, 6) is 1.50. The second kappa shape index (κ2) is 9.95. The molecular weight excluding hydrogens is 421 g/mol. The molecule has 3 aromatic rings. The number of benzene rings is 1. The summed E-state index contributed by atoms with van der Waals surface area (Å²) in [5.41, 5.74) is 4.10. The molecule has 0 saturated carbocycles. The smallest absolute Gasteiger partial charge is 0.250 e. The average molecular weight is 445 g/mol. The van der Waals surface area contributed by atoms with E-state index >= 15 is 0 Å². The highest BCUT2D eigenvalue weighted by Crippen LogP contribution is 2.30. The zero-order chi connectivity index (χ0) is 23.2. The molecule has 7 nitrogen and oxygen atoms in total. The molecule has 33 heavy (non-hydrogen) atoms. The molecule has 1 aliphatic rings. The third-order valence-electron chi connectivity index (χ3n) is 5.05. The van der Waals surface area contributed by atoms with E-state index in [0.717, 1.165) is 16.8 Å². The van der Waals surface area contributed by atoms with E-state index in [1.54, 1.807) is 24.7 Å². The minimum atomic E-state index is -0.503. The maximum Gasteiger partial charge on any atom is 0.250 e. The maximum atomic E-state index is 13.9. The first kappa shape index (κ1) is 22.0. The number of hydrogen-bond acceptors (Lipinski definition) is 7. The van der Waals surface area contributed by atoms with Gasteiger partial charge in [-0.1, -0.05) is 18.7 Å². The van der Waals surface area contributed by atoms with Crippen molar-refractivity contribution in [2.75, 3.05) is 19.0 Å². The molecule has 168 valence electrons. The van der Waals surface area contributed by atoms with Crippen LogP contribution in [0.5, 0.6) is 17.4 Å². The molecule has 1 aromatic carbocycles. The van der Waals surface area contributed by atoms with Gasteiger partial charge in [-0.25, -0.2) is 14.4 Å². The van der Waals surface area contributed by atoms with Gasteiger partial charge in [-0.05, 0) is 36.8 Å². The fraction of sp³-hybridized carbons (Fsp3) is 0.160. The van der Waals surface area contributed by atoms with Gasteiger partial charge in [0.05, 0.1) is 19.4 Å². The molecule has 0 unspecified atom stereocenters. The lowest BCUT2D eigenvalue weighted by Gasteiger charge is -2.16. The number of rotatable bonds is 9. The summed E-state index contributed by atoms with van der Waals surface area (Å²) in [7, 11) is 1.38. The van der Waals surface area contributed by atoms with Gasteiger partial charge in [-0.3, -0.25) is 4.99 Å². The third kappa shape index (κ3) is 5.35. The second-order valence-electron chi connectivity index (χ2n) is 7.35. The number of nitrogens with one attached hydrogen (secondary N) is 2. The van der Waals surface area contributed by atoms with Crippen LogP contribution in [0.1, 0.15) is 16.7 Å². The van der Waals surface area contributed by atoms with Gasteiger partial charge in [-0.2, -0.15) is 0 Å². The number of nitrogens with zero attached hydrogens (tertiary/aromatic N) is 3. The van der Waals surface area contributed by atoms with Crippen molar-refractivity contribution in [3.8, 4) is 17.4 Å². The molecule has 0 bridgehead atoms. The van der Waals surface area contributed by atoms with Gasteiger partial charge in [0.2, 0.25) is 5.88 Å². The van der Waals surface area contributed by atoms with Crippen LogP contribution in [0.15, 0.2) is 72.1 Å². The van der Waals surface area contributed by atoms with Crippen molar-refractivity contribution in [1.29, 1.82) is 0 Å². The molecule has 8 heteroatoms. The summed E-state index contributed by atoms with van der Waals surface area (Å²) in [6.07, 6.45) is 7.01. The number of aliphatic imine (C=N–C) groups is 1. The van der Waals surface area contributed by atoms with Crippen LogP contribution in [0, 0.1) is 12.7 Å². The van der Waals surface area contributed by atoms with Crippen LogP contribution < -0.4 is 20.1 Å². The zero-order valence-electron chi connectivity index (χ0n) is 18.4. The van der Waals surface area contributed by atoms with Crippen LogP contribution in [-0.2, 0) is 6.54 Å². The fourth-order valence-corrected chi connectivity index (χ4v) is 3.32.